The molecule has 3 heteroatoms. The molecule has 0 unspecified atom stereocenters. The maximum absolute atomic E-state index is 4.96. The van der Waals surface area contributed by atoms with Gasteiger partial charge in [-0.15, -0.1) is 0 Å². The van der Waals surface area contributed by atoms with E-state index in [0.29, 0.717) is 0 Å². The van der Waals surface area contributed by atoms with Crippen LogP contribution < -0.4 is 0 Å². The molecule has 2 aromatic carbocycles. The van der Waals surface area contributed by atoms with Crippen LogP contribution in [0.3, 0.4) is 0 Å². The Morgan fingerprint density at radius 3 is 2.06 bits per heavy atom. The van der Waals surface area contributed by atoms with E-state index < -0.39 is 20.5 Å². The van der Waals surface area contributed by atoms with Crippen LogP contribution in [0.15, 0.2) is 60.7 Å². The fourth-order valence-corrected chi connectivity index (χ4v) is 2.02. The van der Waals surface area contributed by atoms with Crippen molar-refractivity contribution < 1.29 is 20.5 Å². The Morgan fingerprint density at radius 1 is 0.722 bits per heavy atom. The topological polar surface area (TPSA) is 0 Å². The summed E-state index contributed by atoms with van der Waals surface area (Å²) < 4.78 is 0. The molecule has 0 aliphatic heterocycles. The van der Waals surface area contributed by atoms with Crippen LogP contribution in [0.4, 0.5) is 0 Å². The standard InChI is InChI=1S/C15H11.2ClH.Hf/c1-2-6-12(7-3-1)15-11-10-13-8-4-5-9-14(13)15;;;/h1-11H;2*1H;/q;;;+2/p-2. The van der Waals surface area contributed by atoms with Crippen LogP contribution in [0, 0.1) is 5.92 Å². The van der Waals surface area contributed by atoms with Crippen LogP contribution in [-0.4, -0.2) is 0 Å². The van der Waals surface area contributed by atoms with E-state index in [2.05, 4.69) is 66.7 Å². The van der Waals surface area contributed by atoms with E-state index >= 15 is 0 Å². The van der Waals surface area contributed by atoms with Crippen molar-refractivity contribution >= 4 is 23.2 Å². The van der Waals surface area contributed by atoms with Crippen molar-refractivity contribution in [1.29, 1.82) is 0 Å². The molecule has 1 aliphatic rings. The second kappa shape index (κ2) is 7.28. The van der Waals surface area contributed by atoms with Gasteiger partial charge in [-0.05, 0) is 16.7 Å². The van der Waals surface area contributed by atoms with Gasteiger partial charge in [-0.25, -0.2) is 0 Å². The zero-order valence-corrected chi connectivity index (χ0v) is 14.7. The third kappa shape index (κ3) is 3.34. The van der Waals surface area contributed by atoms with Gasteiger partial charge in [0, 0.05) is 0 Å². The zero-order chi connectivity index (χ0) is 12.8. The number of rotatable bonds is 1. The third-order valence-electron chi connectivity index (χ3n) is 2.77. The second-order valence-electron chi connectivity index (χ2n) is 3.77. The van der Waals surface area contributed by atoms with E-state index in [9.17, 15) is 0 Å². The summed E-state index contributed by atoms with van der Waals surface area (Å²) in [7, 11) is 9.92. The van der Waals surface area contributed by atoms with Gasteiger partial charge < -0.3 is 0 Å². The SMILES string of the molecule is C1=Cc2ccccc2[C]1c1ccccc1.[Cl][Hf][Cl]. The van der Waals surface area contributed by atoms with Gasteiger partial charge in [-0.2, -0.15) is 0 Å². The molecule has 89 valence electrons. The van der Waals surface area contributed by atoms with Crippen molar-refractivity contribution in [2.75, 3.05) is 0 Å². The van der Waals surface area contributed by atoms with Crippen molar-refractivity contribution in [2.24, 2.45) is 0 Å². The first kappa shape index (κ1) is 14.0. The predicted octanol–water partition coefficient (Wildman–Crippen LogP) is 5.06. The van der Waals surface area contributed by atoms with Gasteiger partial charge in [0.15, 0.2) is 0 Å². The molecule has 0 atom stereocenters. The Bertz CT molecular complexity index is 523. The Morgan fingerprint density at radius 2 is 1.33 bits per heavy atom. The molecule has 3 rings (SSSR count). The molecule has 1 radical (unpaired) electrons. The molecule has 18 heavy (non-hydrogen) atoms. The van der Waals surface area contributed by atoms with Gasteiger partial charge in [-0.1, -0.05) is 66.7 Å². The van der Waals surface area contributed by atoms with Crippen LogP contribution in [-0.2, 0) is 20.5 Å². The van der Waals surface area contributed by atoms with Crippen LogP contribution >= 0.6 is 17.2 Å². The average Bonchev–Trinajstić information content (AvgIpc) is 2.84. The van der Waals surface area contributed by atoms with Gasteiger partial charge in [-0.3, -0.25) is 0 Å². The molecule has 0 saturated heterocycles. The van der Waals surface area contributed by atoms with E-state index in [0.717, 1.165) is 0 Å². The molecule has 1 aliphatic carbocycles. The number of hydrogen-bond donors (Lipinski definition) is 0. The molecule has 0 bridgehead atoms. The number of halogens is 2. The summed E-state index contributed by atoms with van der Waals surface area (Å²) in [5.74, 6) is 1.33. The van der Waals surface area contributed by atoms with Gasteiger partial charge in [0.2, 0.25) is 0 Å². The predicted molar refractivity (Wildman–Crippen MR) is 75.1 cm³/mol. The first-order valence-electron chi connectivity index (χ1n) is 5.53. The monoisotopic (exact) mass is 441 g/mol. The number of allylic oxidation sites excluding steroid dienone is 1. The average molecular weight is 441 g/mol. The summed E-state index contributed by atoms with van der Waals surface area (Å²) in [6.45, 7) is 0. The summed E-state index contributed by atoms with van der Waals surface area (Å²) in [4.78, 5) is 0. The molecule has 2 aromatic rings. The molecule has 0 N–H and O–H groups in total. The number of hydrogen-bond acceptors (Lipinski definition) is 0. The zero-order valence-electron chi connectivity index (χ0n) is 9.61. The van der Waals surface area contributed by atoms with Gasteiger partial charge in [0.25, 0.3) is 0 Å². The maximum atomic E-state index is 4.96. The Labute approximate surface area is 126 Å². The number of benzene rings is 2. The van der Waals surface area contributed by atoms with Crippen LogP contribution in [0.5, 0.6) is 0 Å². The van der Waals surface area contributed by atoms with Crippen LogP contribution in [0.1, 0.15) is 16.7 Å². The summed E-state index contributed by atoms with van der Waals surface area (Å²) in [6, 6.07) is 19.0. The Balaban J connectivity index is 0.000000367. The molecular formula is C15H11Cl2Hf. The van der Waals surface area contributed by atoms with E-state index in [1.54, 1.807) is 0 Å². The first-order chi connectivity index (χ1) is 8.86. The molecule has 0 spiro atoms. The molecular weight excluding hydrogens is 430 g/mol. The van der Waals surface area contributed by atoms with Crippen molar-refractivity contribution in [3.05, 3.63) is 83.3 Å². The summed E-state index contributed by atoms with van der Waals surface area (Å²) in [6.07, 6.45) is 4.37. The van der Waals surface area contributed by atoms with E-state index in [-0.39, 0.29) is 0 Å². The van der Waals surface area contributed by atoms with Crippen molar-refractivity contribution in [1.82, 2.24) is 0 Å². The summed E-state index contributed by atoms with van der Waals surface area (Å²) in [5.41, 5.74) is 3.94. The van der Waals surface area contributed by atoms with Crippen molar-refractivity contribution in [3.8, 4) is 0 Å². The molecule has 0 fully saturated rings. The minimum atomic E-state index is -0.972. The normalized spacial score (nSPS) is 12.6. The fraction of sp³-hybridized carbons (Fsp3) is 0. The second-order valence-corrected chi connectivity index (χ2v) is 8.96. The van der Waals surface area contributed by atoms with Gasteiger partial charge in [0.05, 0.1) is 5.92 Å². The van der Waals surface area contributed by atoms with Gasteiger partial charge >= 0.3 is 37.7 Å². The summed E-state index contributed by atoms with van der Waals surface area (Å²) in [5, 5.41) is 0. The van der Waals surface area contributed by atoms with E-state index in [4.69, 9.17) is 17.2 Å². The van der Waals surface area contributed by atoms with Gasteiger partial charge in [0.1, 0.15) is 0 Å². The fourth-order valence-electron chi connectivity index (χ4n) is 2.02. The minimum absolute atomic E-state index is 0.972. The molecule has 0 heterocycles. The third-order valence-corrected chi connectivity index (χ3v) is 2.77. The quantitative estimate of drug-likeness (QED) is 0.544. The first-order valence-corrected chi connectivity index (χ1v) is 14.4. The number of fused-ring (bicyclic) bond motifs is 1. The van der Waals surface area contributed by atoms with Crippen molar-refractivity contribution in [3.63, 3.8) is 0 Å². The van der Waals surface area contributed by atoms with Crippen molar-refractivity contribution in [2.45, 2.75) is 0 Å². The van der Waals surface area contributed by atoms with Crippen LogP contribution in [0.2, 0.25) is 0 Å². The van der Waals surface area contributed by atoms with E-state index in [1.165, 1.54) is 22.6 Å². The Hall–Kier alpha value is -0.370. The van der Waals surface area contributed by atoms with E-state index in [1.807, 2.05) is 0 Å². The molecule has 0 nitrogen and oxygen atoms in total. The molecule has 0 amide bonds. The van der Waals surface area contributed by atoms with Crippen LogP contribution in [0.25, 0.3) is 6.08 Å². The summed E-state index contributed by atoms with van der Waals surface area (Å²) >= 11 is -0.972. The molecule has 0 saturated carbocycles. The Kier molecular flexibility index (Phi) is 5.68. The molecule has 0 aromatic heterocycles.